The average Bonchev–Trinajstić information content (AvgIpc) is 2.98. The van der Waals surface area contributed by atoms with Gasteiger partial charge in [-0.1, -0.05) is 5.16 Å². The summed E-state index contributed by atoms with van der Waals surface area (Å²) in [7, 11) is 2.02. The zero-order valence-corrected chi connectivity index (χ0v) is 12.9. The summed E-state index contributed by atoms with van der Waals surface area (Å²) in [4.78, 5) is 8.80. The SMILES string of the molecule is CNC1CCC(c2nc(-c3ccc(Br)cn3)no2)CC1. The second kappa shape index (κ2) is 6.01. The van der Waals surface area contributed by atoms with Crippen molar-refractivity contribution in [3.8, 4) is 11.5 Å². The molecule has 20 heavy (non-hydrogen) atoms. The van der Waals surface area contributed by atoms with Gasteiger partial charge < -0.3 is 9.84 Å². The number of hydrogen-bond acceptors (Lipinski definition) is 5. The lowest BCUT2D eigenvalue weighted by Gasteiger charge is -2.25. The molecule has 2 aromatic heterocycles. The van der Waals surface area contributed by atoms with Gasteiger partial charge in [-0.05, 0) is 60.8 Å². The van der Waals surface area contributed by atoms with E-state index in [9.17, 15) is 0 Å². The van der Waals surface area contributed by atoms with Crippen LogP contribution < -0.4 is 5.32 Å². The lowest BCUT2D eigenvalue weighted by atomic mass is 9.86. The van der Waals surface area contributed by atoms with E-state index in [1.165, 1.54) is 0 Å². The van der Waals surface area contributed by atoms with E-state index in [4.69, 9.17) is 4.52 Å². The fourth-order valence-corrected chi connectivity index (χ4v) is 2.88. The average molecular weight is 337 g/mol. The number of halogens is 1. The van der Waals surface area contributed by atoms with E-state index in [0.717, 1.165) is 41.7 Å². The first-order valence-electron chi connectivity index (χ1n) is 6.89. The maximum atomic E-state index is 5.42. The Morgan fingerprint density at radius 1 is 1.25 bits per heavy atom. The maximum absolute atomic E-state index is 5.42. The van der Waals surface area contributed by atoms with Crippen molar-refractivity contribution in [3.63, 3.8) is 0 Å². The summed E-state index contributed by atoms with van der Waals surface area (Å²) >= 11 is 3.37. The zero-order chi connectivity index (χ0) is 13.9. The summed E-state index contributed by atoms with van der Waals surface area (Å²) < 4.78 is 6.36. The lowest BCUT2D eigenvalue weighted by molar-refractivity contribution is 0.288. The molecule has 0 amide bonds. The van der Waals surface area contributed by atoms with Gasteiger partial charge in [0.15, 0.2) is 0 Å². The van der Waals surface area contributed by atoms with Crippen molar-refractivity contribution in [3.05, 3.63) is 28.7 Å². The Morgan fingerprint density at radius 3 is 2.70 bits per heavy atom. The van der Waals surface area contributed by atoms with Crippen molar-refractivity contribution in [2.24, 2.45) is 0 Å². The van der Waals surface area contributed by atoms with E-state index in [2.05, 4.69) is 36.4 Å². The summed E-state index contributed by atoms with van der Waals surface area (Å²) in [5, 5.41) is 7.38. The van der Waals surface area contributed by atoms with Gasteiger partial charge >= 0.3 is 0 Å². The van der Waals surface area contributed by atoms with Crippen LogP contribution in [-0.4, -0.2) is 28.2 Å². The van der Waals surface area contributed by atoms with E-state index in [-0.39, 0.29) is 0 Å². The molecule has 2 heterocycles. The van der Waals surface area contributed by atoms with Crippen molar-refractivity contribution >= 4 is 15.9 Å². The van der Waals surface area contributed by atoms with Gasteiger partial charge in [-0.25, -0.2) is 0 Å². The second-order valence-corrected chi connectivity index (χ2v) is 6.07. The Morgan fingerprint density at radius 2 is 2.05 bits per heavy atom. The third-order valence-corrected chi connectivity index (χ3v) is 4.35. The molecule has 6 heteroatoms. The number of nitrogens with one attached hydrogen (secondary N) is 1. The zero-order valence-electron chi connectivity index (χ0n) is 11.3. The Hall–Kier alpha value is -1.27. The molecule has 3 rings (SSSR count). The number of hydrogen-bond donors (Lipinski definition) is 1. The van der Waals surface area contributed by atoms with Crippen LogP contribution >= 0.6 is 15.9 Å². The van der Waals surface area contributed by atoms with Crippen LogP contribution in [0.25, 0.3) is 11.5 Å². The highest BCUT2D eigenvalue weighted by atomic mass is 79.9. The minimum atomic E-state index is 0.385. The van der Waals surface area contributed by atoms with E-state index in [1.807, 2.05) is 19.2 Å². The maximum Gasteiger partial charge on any atom is 0.230 e. The molecule has 0 saturated heterocycles. The van der Waals surface area contributed by atoms with Crippen molar-refractivity contribution in [2.75, 3.05) is 7.05 Å². The fourth-order valence-electron chi connectivity index (χ4n) is 2.64. The van der Waals surface area contributed by atoms with E-state index in [1.54, 1.807) is 6.20 Å². The molecule has 0 atom stereocenters. The fraction of sp³-hybridized carbons (Fsp3) is 0.500. The first-order chi connectivity index (χ1) is 9.76. The Balaban J connectivity index is 1.72. The minimum Gasteiger partial charge on any atom is -0.339 e. The van der Waals surface area contributed by atoms with Crippen LogP contribution in [0.3, 0.4) is 0 Å². The lowest BCUT2D eigenvalue weighted by Crippen LogP contribution is -2.29. The predicted molar refractivity (Wildman–Crippen MR) is 79.3 cm³/mol. The van der Waals surface area contributed by atoms with Gasteiger partial charge in [0, 0.05) is 22.6 Å². The molecule has 1 aliphatic carbocycles. The highest BCUT2D eigenvalue weighted by Crippen LogP contribution is 2.32. The van der Waals surface area contributed by atoms with E-state index < -0.39 is 0 Å². The van der Waals surface area contributed by atoms with E-state index in [0.29, 0.717) is 17.8 Å². The molecular weight excluding hydrogens is 320 g/mol. The summed E-state index contributed by atoms with van der Waals surface area (Å²) in [6.45, 7) is 0. The van der Waals surface area contributed by atoms with Crippen LogP contribution in [0, 0.1) is 0 Å². The van der Waals surface area contributed by atoms with Crippen molar-refractivity contribution in [1.82, 2.24) is 20.4 Å². The quantitative estimate of drug-likeness (QED) is 0.932. The first kappa shape index (κ1) is 13.7. The number of pyridine rings is 1. The van der Waals surface area contributed by atoms with Crippen molar-refractivity contribution < 1.29 is 4.52 Å². The summed E-state index contributed by atoms with van der Waals surface area (Å²) in [6, 6.07) is 4.44. The topological polar surface area (TPSA) is 63.8 Å². The monoisotopic (exact) mass is 336 g/mol. The van der Waals surface area contributed by atoms with Crippen LogP contribution in [0.4, 0.5) is 0 Å². The molecule has 0 radical (unpaired) electrons. The summed E-state index contributed by atoms with van der Waals surface area (Å²) in [5.74, 6) is 1.71. The van der Waals surface area contributed by atoms with Gasteiger partial charge in [0.05, 0.1) is 0 Å². The van der Waals surface area contributed by atoms with Crippen LogP contribution in [0.1, 0.15) is 37.5 Å². The molecule has 0 unspecified atom stereocenters. The Labute approximate surface area is 126 Å². The second-order valence-electron chi connectivity index (χ2n) is 5.16. The normalized spacial score (nSPS) is 22.9. The van der Waals surface area contributed by atoms with Crippen molar-refractivity contribution in [1.29, 1.82) is 0 Å². The number of rotatable bonds is 3. The molecular formula is C14H17BrN4O. The molecule has 5 nitrogen and oxygen atoms in total. The minimum absolute atomic E-state index is 0.385. The first-order valence-corrected chi connectivity index (χ1v) is 7.68. The van der Waals surface area contributed by atoms with Gasteiger partial charge in [0.1, 0.15) is 5.69 Å². The van der Waals surface area contributed by atoms with Crippen LogP contribution in [0.5, 0.6) is 0 Å². The van der Waals surface area contributed by atoms with Gasteiger partial charge in [0.25, 0.3) is 0 Å². The molecule has 0 aromatic carbocycles. The third-order valence-electron chi connectivity index (χ3n) is 3.88. The van der Waals surface area contributed by atoms with Crippen LogP contribution in [0.2, 0.25) is 0 Å². The number of aromatic nitrogens is 3. The van der Waals surface area contributed by atoms with Crippen molar-refractivity contribution in [2.45, 2.75) is 37.6 Å². The van der Waals surface area contributed by atoms with Gasteiger partial charge in [-0.15, -0.1) is 0 Å². The molecule has 2 aromatic rings. The molecule has 1 aliphatic rings. The Kier molecular flexibility index (Phi) is 4.12. The smallest absolute Gasteiger partial charge is 0.230 e. The molecule has 1 fully saturated rings. The highest BCUT2D eigenvalue weighted by molar-refractivity contribution is 9.10. The largest absolute Gasteiger partial charge is 0.339 e. The number of nitrogens with zero attached hydrogens (tertiary/aromatic N) is 3. The highest BCUT2D eigenvalue weighted by Gasteiger charge is 2.26. The van der Waals surface area contributed by atoms with E-state index >= 15 is 0 Å². The van der Waals surface area contributed by atoms with Gasteiger partial charge in [-0.2, -0.15) is 4.98 Å². The molecule has 106 valence electrons. The van der Waals surface area contributed by atoms with Gasteiger partial charge in [0.2, 0.25) is 11.7 Å². The molecule has 1 N–H and O–H groups in total. The summed E-state index contributed by atoms with van der Waals surface area (Å²) in [5.41, 5.74) is 0.743. The van der Waals surface area contributed by atoms with Crippen LogP contribution in [-0.2, 0) is 0 Å². The summed E-state index contributed by atoms with van der Waals surface area (Å²) in [6.07, 6.45) is 6.26. The molecule has 0 aliphatic heterocycles. The molecule has 0 spiro atoms. The van der Waals surface area contributed by atoms with Gasteiger partial charge in [-0.3, -0.25) is 4.98 Å². The predicted octanol–water partition coefficient (Wildman–Crippen LogP) is 3.14. The third kappa shape index (κ3) is 2.91. The standard InChI is InChI=1S/C14H17BrN4O/c1-16-11-5-2-9(3-6-11)14-18-13(19-20-14)12-7-4-10(15)8-17-12/h4,7-9,11,16H,2-3,5-6H2,1H3. The Bertz CT molecular complexity index is 561. The molecule has 0 bridgehead atoms. The van der Waals surface area contributed by atoms with Crippen LogP contribution in [0.15, 0.2) is 27.3 Å². The molecule has 1 saturated carbocycles.